The van der Waals surface area contributed by atoms with Gasteiger partial charge < -0.3 is 0 Å². The zero-order chi connectivity index (χ0) is 10.4. The topological polar surface area (TPSA) is 0 Å². The molecule has 76 valence electrons. The Morgan fingerprint density at radius 3 is 3.00 bits per heavy atom. The van der Waals surface area contributed by atoms with Crippen LogP contribution >= 0.6 is 0 Å². The first kappa shape index (κ1) is 8.96. The summed E-state index contributed by atoms with van der Waals surface area (Å²) in [6.45, 7) is 4.48. The van der Waals surface area contributed by atoms with Crippen LogP contribution in [0.5, 0.6) is 0 Å². The highest BCUT2D eigenvalue weighted by Crippen LogP contribution is 2.40. The normalized spacial score (nSPS) is 22.9. The molecule has 0 aliphatic heterocycles. The van der Waals surface area contributed by atoms with Gasteiger partial charge in [-0.2, -0.15) is 0 Å². The zero-order valence-corrected chi connectivity index (χ0v) is 9.38. The van der Waals surface area contributed by atoms with Crippen molar-refractivity contribution < 1.29 is 0 Å². The van der Waals surface area contributed by atoms with Crippen molar-refractivity contribution >= 4 is 5.57 Å². The van der Waals surface area contributed by atoms with Crippen LogP contribution in [0.25, 0.3) is 5.57 Å². The van der Waals surface area contributed by atoms with Crippen molar-refractivity contribution in [3.05, 3.63) is 52.6 Å². The number of benzene rings is 1. The Balaban J connectivity index is 2.12. The second-order valence-electron chi connectivity index (χ2n) is 4.88. The third-order valence-corrected chi connectivity index (χ3v) is 3.51. The van der Waals surface area contributed by atoms with Gasteiger partial charge in [0.15, 0.2) is 0 Å². The van der Waals surface area contributed by atoms with Gasteiger partial charge in [0.1, 0.15) is 0 Å². The van der Waals surface area contributed by atoms with Crippen molar-refractivity contribution in [2.45, 2.75) is 26.7 Å². The van der Waals surface area contributed by atoms with Gasteiger partial charge in [-0.3, -0.25) is 0 Å². The lowest BCUT2D eigenvalue weighted by Crippen LogP contribution is -1.98. The lowest BCUT2D eigenvalue weighted by molar-refractivity contribution is 0.745. The van der Waals surface area contributed by atoms with E-state index in [4.69, 9.17) is 0 Å². The van der Waals surface area contributed by atoms with Crippen LogP contribution < -0.4 is 0 Å². The monoisotopic (exact) mass is 196 g/mol. The number of fused-ring (bicyclic) bond motifs is 2. The van der Waals surface area contributed by atoms with Crippen molar-refractivity contribution in [3.63, 3.8) is 0 Å². The van der Waals surface area contributed by atoms with Crippen LogP contribution in [0.1, 0.15) is 30.0 Å². The highest BCUT2D eigenvalue weighted by Gasteiger charge is 2.23. The molecule has 0 bridgehead atoms. The van der Waals surface area contributed by atoms with E-state index in [1.54, 1.807) is 11.1 Å². The molecule has 2 aliphatic carbocycles. The van der Waals surface area contributed by atoms with Crippen molar-refractivity contribution in [3.8, 4) is 0 Å². The summed E-state index contributed by atoms with van der Waals surface area (Å²) in [6.07, 6.45) is 7.05. The Morgan fingerprint density at radius 2 is 2.13 bits per heavy atom. The highest BCUT2D eigenvalue weighted by molar-refractivity contribution is 5.80. The Bertz CT molecular complexity index is 475. The molecule has 0 spiro atoms. The van der Waals surface area contributed by atoms with Crippen LogP contribution in [0.2, 0.25) is 0 Å². The molecule has 0 fully saturated rings. The number of rotatable bonds is 0. The van der Waals surface area contributed by atoms with Gasteiger partial charge in [0.2, 0.25) is 0 Å². The van der Waals surface area contributed by atoms with E-state index in [-0.39, 0.29) is 0 Å². The maximum Gasteiger partial charge on any atom is -0.00169 e. The van der Waals surface area contributed by atoms with Gasteiger partial charge in [0, 0.05) is 0 Å². The van der Waals surface area contributed by atoms with E-state index in [0.29, 0.717) is 5.92 Å². The van der Waals surface area contributed by atoms with E-state index in [2.05, 4.69) is 44.2 Å². The van der Waals surface area contributed by atoms with Gasteiger partial charge in [-0.05, 0) is 48.0 Å². The Morgan fingerprint density at radius 1 is 1.27 bits per heavy atom. The van der Waals surface area contributed by atoms with E-state index < -0.39 is 0 Å². The first-order valence-corrected chi connectivity index (χ1v) is 5.74. The third-order valence-electron chi connectivity index (χ3n) is 3.51. The number of allylic oxidation sites excluding steroid dienone is 4. The van der Waals surface area contributed by atoms with Gasteiger partial charge >= 0.3 is 0 Å². The molecule has 3 rings (SSSR count). The van der Waals surface area contributed by atoms with Crippen molar-refractivity contribution in [2.24, 2.45) is 5.92 Å². The maximum atomic E-state index is 2.35. The molecule has 0 nitrogen and oxygen atoms in total. The third kappa shape index (κ3) is 1.36. The van der Waals surface area contributed by atoms with Crippen LogP contribution in [0.15, 0.2) is 35.9 Å². The standard InChI is InChI=1S/C15H16/c1-10-3-5-12-9-13-6-4-11(2)8-15(13)14(12)7-10/h3-7,11H,8-9H2,1-2H3. The summed E-state index contributed by atoms with van der Waals surface area (Å²) in [5, 5.41) is 0. The van der Waals surface area contributed by atoms with E-state index in [9.17, 15) is 0 Å². The molecule has 0 heterocycles. The molecule has 0 saturated carbocycles. The van der Waals surface area contributed by atoms with E-state index >= 15 is 0 Å². The largest absolute Gasteiger partial charge is 0.0811 e. The summed E-state index contributed by atoms with van der Waals surface area (Å²) < 4.78 is 0. The first-order chi connectivity index (χ1) is 7.24. The summed E-state index contributed by atoms with van der Waals surface area (Å²) in [5.74, 6) is 0.704. The maximum absolute atomic E-state index is 2.35. The Kier molecular flexibility index (Phi) is 1.85. The molecule has 0 N–H and O–H groups in total. The first-order valence-electron chi connectivity index (χ1n) is 5.74. The summed E-state index contributed by atoms with van der Waals surface area (Å²) in [6, 6.07) is 6.87. The summed E-state index contributed by atoms with van der Waals surface area (Å²) in [5.41, 5.74) is 7.56. The van der Waals surface area contributed by atoms with Gasteiger partial charge in [-0.25, -0.2) is 0 Å². The van der Waals surface area contributed by atoms with Crippen molar-refractivity contribution in [2.75, 3.05) is 0 Å². The van der Waals surface area contributed by atoms with Crippen LogP contribution in [-0.2, 0) is 6.42 Å². The van der Waals surface area contributed by atoms with E-state index in [1.165, 1.54) is 23.1 Å². The second-order valence-corrected chi connectivity index (χ2v) is 4.88. The van der Waals surface area contributed by atoms with Crippen LogP contribution in [0, 0.1) is 12.8 Å². The highest BCUT2D eigenvalue weighted by atomic mass is 14.3. The minimum atomic E-state index is 0.704. The lowest BCUT2D eigenvalue weighted by Gasteiger charge is -2.15. The van der Waals surface area contributed by atoms with Crippen LogP contribution in [0.3, 0.4) is 0 Å². The molecule has 0 saturated heterocycles. The second kappa shape index (κ2) is 3.10. The average molecular weight is 196 g/mol. The van der Waals surface area contributed by atoms with Crippen LogP contribution in [-0.4, -0.2) is 0 Å². The fraction of sp³-hybridized carbons (Fsp3) is 0.333. The van der Waals surface area contributed by atoms with Crippen LogP contribution in [0.4, 0.5) is 0 Å². The summed E-state index contributed by atoms with van der Waals surface area (Å²) >= 11 is 0. The SMILES string of the molecule is Cc1ccc2c(c1)C1=C(C=CC(C)C1)C2. The molecular formula is C15H16. The molecule has 1 atom stereocenters. The van der Waals surface area contributed by atoms with Gasteiger partial charge in [0.05, 0.1) is 0 Å². The van der Waals surface area contributed by atoms with E-state index in [0.717, 1.165) is 6.42 Å². The number of hydrogen-bond donors (Lipinski definition) is 0. The summed E-state index contributed by atoms with van der Waals surface area (Å²) in [7, 11) is 0. The fourth-order valence-corrected chi connectivity index (χ4v) is 2.68. The van der Waals surface area contributed by atoms with Gasteiger partial charge in [-0.1, -0.05) is 42.8 Å². The van der Waals surface area contributed by atoms with Gasteiger partial charge in [-0.15, -0.1) is 0 Å². The quantitative estimate of drug-likeness (QED) is 0.590. The zero-order valence-electron chi connectivity index (χ0n) is 9.38. The average Bonchev–Trinajstić information content (AvgIpc) is 2.56. The molecule has 0 radical (unpaired) electrons. The smallest absolute Gasteiger partial charge is 0.00169 e. The van der Waals surface area contributed by atoms with Crippen molar-refractivity contribution in [1.82, 2.24) is 0 Å². The predicted molar refractivity (Wildman–Crippen MR) is 64.7 cm³/mol. The minimum Gasteiger partial charge on any atom is -0.0811 e. The summed E-state index contributed by atoms with van der Waals surface area (Å²) in [4.78, 5) is 0. The molecular weight excluding hydrogens is 180 g/mol. The molecule has 0 heteroatoms. The minimum absolute atomic E-state index is 0.704. The number of hydrogen-bond acceptors (Lipinski definition) is 0. The molecule has 1 aromatic carbocycles. The Hall–Kier alpha value is -1.30. The molecule has 1 unspecified atom stereocenters. The Labute approximate surface area is 91.3 Å². The fourth-order valence-electron chi connectivity index (χ4n) is 2.68. The molecule has 0 amide bonds. The molecule has 1 aromatic rings. The molecule has 2 aliphatic rings. The van der Waals surface area contributed by atoms with E-state index in [1.807, 2.05) is 0 Å². The predicted octanol–water partition coefficient (Wildman–Crippen LogP) is 3.90. The van der Waals surface area contributed by atoms with Crippen molar-refractivity contribution in [1.29, 1.82) is 0 Å². The molecule has 15 heavy (non-hydrogen) atoms. The van der Waals surface area contributed by atoms with Gasteiger partial charge in [0.25, 0.3) is 0 Å². The molecule has 0 aromatic heterocycles. The number of aryl methyl sites for hydroxylation is 1. The lowest BCUT2D eigenvalue weighted by atomic mass is 9.90.